The Hall–Kier alpha value is -2.51. The maximum absolute atomic E-state index is 12.7. The summed E-state index contributed by atoms with van der Waals surface area (Å²) >= 11 is 4.13. The first kappa shape index (κ1) is 21.7. The summed E-state index contributed by atoms with van der Waals surface area (Å²) in [5, 5.41) is 23.8. The van der Waals surface area contributed by atoms with Gasteiger partial charge >= 0.3 is 5.97 Å². The quantitative estimate of drug-likeness (QED) is 0.416. The van der Waals surface area contributed by atoms with E-state index in [2.05, 4.69) is 20.8 Å². The van der Waals surface area contributed by atoms with Gasteiger partial charge in [0.25, 0.3) is 5.91 Å². The Morgan fingerprint density at radius 1 is 1.29 bits per heavy atom. The van der Waals surface area contributed by atoms with E-state index >= 15 is 0 Å². The molecule has 31 heavy (non-hydrogen) atoms. The molecule has 10 nitrogen and oxygen atoms in total. The number of amides is 2. The molecule has 2 aliphatic rings. The molecule has 3 heterocycles. The molecule has 13 heteroatoms. The lowest BCUT2D eigenvalue weighted by Gasteiger charge is -2.49. The summed E-state index contributed by atoms with van der Waals surface area (Å²) in [5.41, 5.74) is 0.611. The highest BCUT2D eigenvalue weighted by molar-refractivity contribution is 8.01. The summed E-state index contributed by atoms with van der Waals surface area (Å²) in [6.07, 6.45) is 0. The van der Waals surface area contributed by atoms with Crippen LogP contribution in [0.2, 0.25) is 0 Å². The zero-order valence-electron chi connectivity index (χ0n) is 16.3. The van der Waals surface area contributed by atoms with E-state index in [9.17, 15) is 19.5 Å². The number of fused-ring (bicyclic) bond motifs is 1. The number of aryl methyl sites for hydroxylation is 1. The van der Waals surface area contributed by atoms with Gasteiger partial charge in [-0.2, -0.15) is 0 Å². The van der Waals surface area contributed by atoms with Crippen LogP contribution in [0.3, 0.4) is 0 Å². The summed E-state index contributed by atoms with van der Waals surface area (Å²) in [4.78, 5) is 39.2. The predicted molar refractivity (Wildman–Crippen MR) is 116 cm³/mol. The average Bonchev–Trinajstić information content (AvgIpc) is 3.19. The molecule has 1 aromatic carbocycles. The van der Waals surface area contributed by atoms with E-state index in [1.54, 1.807) is 7.05 Å². The maximum atomic E-state index is 12.7. The highest BCUT2D eigenvalue weighted by Crippen LogP contribution is 2.41. The first-order valence-electron chi connectivity index (χ1n) is 9.18. The summed E-state index contributed by atoms with van der Waals surface area (Å²) in [6, 6.07) is 8.78. The fourth-order valence-corrected chi connectivity index (χ4v) is 6.24. The van der Waals surface area contributed by atoms with Crippen LogP contribution in [0.4, 0.5) is 0 Å². The Labute approximate surface area is 190 Å². The van der Waals surface area contributed by atoms with Gasteiger partial charge in [-0.1, -0.05) is 30.0 Å². The fraction of sp³-hybridized carbons (Fsp3) is 0.333. The second-order valence-electron chi connectivity index (χ2n) is 6.69. The summed E-state index contributed by atoms with van der Waals surface area (Å²) < 4.78 is 1.50. The predicted octanol–water partition coefficient (Wildman–Crippen LogP) is 0.833. The monoisotopic (exact) mass is 478 g/mol. The number of rotatable bonds is 8. The minimum Gasteiger partial charge on any atom is -0.477 e. The highest BCUT2D eigenvalue weighted by Gasteiger charge is 2.54. The van der Waals surface area contributed by atoms with Crippen LogP contribution in [0.1, 0.15) is 0 Å². The number of aromatic nitrogens is 4. The molecule has 0 radical (unpaired) electrons. The number of thioether (sulfide) groups is 3. The van der Waals surface area contributed by atoms with Crippen molar-refractivity contribution in [1.29, 1.82) is 0 Å². The van der Waals surface area contributed by atoms with Crippen LogP contribution in [0.25, 0.3) is 0 Å². The van der Waals surface area contributed by atoms with Gasteiger partial charge < -0.3 is 10.4 Å². The van der Waals surface area contributed by atoms with E-state index < -0.39 is 23.3 Å². The molecular formula is C18H18N6O4S3. The first-order valence-corrected chi connectivity index (χ1v) is 12.2. The van der Waals surface area contributed by atoms with Crippen molar-refractivity contribution in [2.24, 2.45) is 7.05 Å². The molecule has 0 bridgehead atoms. The van der Waals surface area contributed by atoms with Crippen molar-refractivity contribution in [1.82, 2.24) is 30.4 Å². The molecular weight excluding hydrogens is 460 g/mol. The van der Waals surface area contributed by atoms with Crippen LogP contribution in [0.15, 0.2) is 51.7 Å². The van der Waals surface area contributed by atoms with Crippen LogP contribution < -0.4 is 5.32 Å². The van der Waals surface area contributed by atoms with Crippen molar-refractivity contribution in [3.8, 4) is 0 Å². The molecule has 2 N–H and O–H groups in total. The Bertz CT molecular complexity index is 1040. The van der Waals surface area contributed by atoms with Crippen molar-refractivity contribution in [3.05, 3.63) is 41.6 Å². The number of nitrogens with one attached hydrogen (secondary N) is 1. The molecule has 2 aliphatic heterocycles. The largest absolute Gasteiger partial charge is 0.477 e. The topological polar surface area (TPSA) is 130 Å². The third kappa shape index (κ3) is 4.57. The Morgan fingerprint density at radius 3 is 2.74 bits per heavy atom. The first-order chi connectivity index (χ1) is 15.0. The number of nitrogens with zero attached hydrogens (tertiary/aromatic N) is 5. The smallest absolute Gasteiger partial charge is 0.352 e. The number of benzene rings is 1. The van der Waals surface area contributed by atoms with E-state index in [0.717, 1.165) is 4.90 Å². The van der Waals surface area contributed by atoms with Crippen LogP contribution in [0, 0.1) is 0 Å². The van der Waals surface area contributed by atoms with Gasteiger partial charge in [-0.05, 0) is 28.1 Å². The van der Waals surface area contributed by atoms with Crippen LogP contribution >= 0.6 is 35.3 Å². The third-order valence-electron chi connectivity index (χ3n) is 4.64. The van der Waals surface area contributed by atoms with Crippen molar-refractivity contribution < 1.29 is 19.5 Å². The minimum atomic E-state index is -1.16. The molecule has 2 atom stereocenters. The zero-order valence-corrected chi connectivity index (χ0v) is 18.7. The molecule has 1 saturated heterocycles. The molecule has 162 valence electrons. The van der Waals surface area contributed by atoms with Gasteiger partial charge in [-0.25, -0.2) is 9.48 Å². The number of carboxylic acid groups (broad SMARTS) is 1. The molecule has 1 unspecified atom stereocenters. The molecule has 2 aromatic rings. The number of hydrogen-bond acceptors (Lipinski definition) is 9. The maximum Gasteiger partial charge on any atom is 0.352 e. The van der Waals surface area contributed by atoms with E-state index in [-0.39, 0.29) is 17.4 Å². The Morgan fingerprint density at radius 2 is 2.06 bits per heavy atom. The van der Waals surface area contributed by atoms with E-state index in [0.29, 0.717) is 22.2 Å². The number of carbonyl (C=O) groups excluding carboxylic acids is 2. The lowest BCUT2D eigenvalue weighted by molar-refractivity contribution is -0.150. The standard InChI is InChI=1S/C18H18N6O4S3/c1-23-18(20-21-22-23)31-8-10-7-30-16-13(15(26)24(16)14(10)17(27)28)19-12(25)9-29-11-5-3-2-4-6-11/h2-6,13,16H,7-9H2,1H3,(H,19,25)(H,27,28)/t13?,16-/m1/s1. The van der Waals surface area contributed by atoms with Crippen molar-refractivity contribution in [2.75, 3.05) is 17.3 Å². The second kappa shape index (κ2) is 9.32. The molecule has 0 spiro atoms. The molecule has 0 aliphatic carbocycles. The third-order valence-corrected chi connectivity index (χ3v) is 8.08. The van der Waals surface area contributed by atoms with E-state index in [1.807, 2.05) is 30.3 Å². The number of carboxylic acids is 1. The van der Waals surface area contributed by atoms with Crippen LogP contribution in [0.5, 0.6) is 0 Å². The Balaban J connectivity index is 1.39. The van der Waals surface area contributed by atoms with Gasteiger partial charge in [-0.3, -0.25) is 14.5 Å². The SMILES string of the molecule is Cn1nnnc1SCC1=C(C(=O)O)N2C(=O)C(NC(=O)CSc3ccccc3)[C@H]2SC1. The number of β-lactam (4-membered cyclic amide) rings is 1. The van der Waals surface area contributed by atoms with Gasteiger partial charge in [0.2, 0.25) is 11.1 Å². The van der Waals surface area contributed by atoms with Crippen molar-refractivity contribution in [3.63, 3.8) is 0 Å². The highest BCUT2D eigenvalue weighted by atomic mass is 32.2. The van der Waals surface area contributed by atoms with Crippen LogP contribution in [-0.4, -0.2) is 76.7 Å². The molecule has 2 amide bonds. The zero-order chi connectivity index (χ0) is 22.0. The van der Waals surface area contributed by atoms with Gasteiger partial charge in [0.1, 0.15) is 17.1 Å². The summed E-state index contributed by atoms with van der Waals surface area (Å²) in [7, 11) is 1.70. The van der Waals surface area contributed by atoms with Gasteiger partial charge in [0, 0.05) is 23.4 Å². The molecule has 1 aromatic heterocycles. The van der Waals surface area contributed by atoms with Crippen LogP contribution in [-0.2, 0) is 21.4 Å². The normalized spacial score (nSPS) is 20.3. The molecule has 1 fully saturated rings. The minimum absolute atomic E-state index is 0.0134. The number of hydrogen-bond donors (Lipinski definition) is 2. The summed E-state index contributed by atoms with van der Waals surface area (Å²) in [5.74, 6) is -0.848. The van der Waals surface area contributed by atoms with Gasteiger partial charge in [-0.15, -0.1) is 28.6 Å². The van der Waals surface area contributed by atoms with Gasteiger partial charge in [0.15, 0.2) is 0 Å². The number of tetrazole rings is 1. The average molecular weight is 479 g/mol. The second-order valence-corrected chi connectivity index (χ2v) is 9.78. The number of carbonyl (C=O) groups is 3. The fourth-order valence-electron chi connectivity index (χ4n) is 3.17. The van der Waals surface area contributed by atoms with E-state index in [4.69, 9.17) is 0 Å². The number of aliphatic carboxylic acids is 1. The molecule has 4 rings (SSSR count). The molecule has 0 saturated carbocycles. The lowest BCUT2D eigenvalue weighted by atomic mass is 10.0. The Kier molecular flexibility index (Phi) is 6.53. The summed E-state index contributed by atoms with van der Waals surface area (Å²) in [6.45, 7) is 0. The van der Waals surface area contributed by atoms with Crippen molar-refractivity contribution >= 4 is 53.1 Å². The van der Waals surface area contributed by atoms with E-state index in [1.165, 1.54) is 44.9 Å². The van der Waals surface area contributed by atoms with Gasteiger partial charge in [0.05, 0.1) is 5.75 Å². The van der Waals surface area contributed by atoms with Crippen molar-refractivity contribution in [2.45, 2.75) is 21.5 Å². The lowest BCUT2D eigenvalue weighted by Crippen LogP contribution is -2.70.